The number of allylic oxidation sites excluding steroid dienone is 2. The van der Waals surface area contributed by atoms with E-state index in [9.17, 15) is 4.79 Å². The number of benzene rings is 1. The summed E-state index contributed by atoms with van der Waals surface area (Å²) in [6.07, 6.45) is 4.07. The molecule has 3 atom stereocenters. The smallest absolute Gasteiger partial charge is 0.308 e. The quantitative estimate of drug-likeness (QED) is 0.682. The predicted octanol–water partition coefficient (Wildman–Crippen LogP) is 2.14. The Kier molecular flexibility index (Phi) is 1.38. The molecule has 3 rings (SSSR count). The Hall–Kier alpha value is -1.57. The largest absolute Gasteiger partial charge is 0.481 e. The van der Waals surface area contributed by atoms with Crippen LogP contribution >= 0.6 is 0 Å². The normalized spacial score (nSPS) is 31.9. The Labute approximate surface area is 81.9 Å². The topological polar surface area (TPSA) is 37.3 Å². The van der Waals surface area contributed by atoms with E-state index in [1.165, 1.54) is 11.1 Å². The van der Waals surface area contributed by atoms with Crippen LogP contribution in [-0.4, -0.2) is 11.1 Å². The second-order valence-corrected chi connectivity index (χ2v) is 3.93. The Morgan fingerprint density at radius 2 is 1.57 bits per heavy atom. The fourth-order valence-electron chi connectivity index (χ4n) is 2.72. The van der Waals surface area contributed by atoms with Gasteiger partial charge in [-0.2, -0.15) is 0 Å². The molecule has 2 nitrogen and oxygen atoms in total. The van der Waals surface area contributed by atoms with Crippen LogP contribution in [0.3, 0.4) is 0 Å². The van der Waals surface area contributed by atoms with Gasteiger partial charge in [0.1, 0.15) is 0 Å². The molecule has 0 saturated heterocycles. The van der Waals surface area contributed by atoms with Gasteiger partial charge < -0.3 is 5.11 Å². The zero-order valence-electron chi connectivity index (χ0n) is 7.55. The summed E-state index contributed by atoms with van der Waals surface area (Å²) in [5, 5.41) is 9.13. The lowest BCUT2D eigenvalue weighted by Crippen LogP contribution is -2.16. The number of aliphatic carboxylic acids is 1. The van der Waals surface area contributed by atoms with Crippen molar-refractivity contribution >= 4 is 5.97 Å². The molecule has 1 N–H and O–H groups in total. The van der Waals surface area contributed by atoms with E-state index in [4.69, 9.17) is 5.11 Å². The second-order valence-electron chi connectivity index (χ2n) is 3.93. The molecule has 0 saturated carbocycles. The summed E-state index contributed by atoms with van der Waals surface area (Å²) in [7, 11) is 0. The highest BCUT2D eigenvalue weighted by Crippen LogP contribution is 2.52. The molecule has 2 bridgehead atoms. The van der Waals surface area contributed by atoms with Gasteiger partial charge >= 0.3 is 5.97 Å². The van der Waals surface area contributed by atoms with Crippen molar-refractivity contribution in [3.8, 4) is 0 Å². The SMILES string of the molecule is O=C(O)C1[C@@H]2C=C[C@H]1c1ccccc12. The summed E-state index contributed by atoms with van der Waals surface area (Å²) < 4.78 is 0. The van der Waals surface area contributed by atoms with Gasteiger partial charge in [-0.05, 0) is 11.1 Å². The molecule has 2 aliphatic carbocycles. The molecule has 0 spiro atoms. The maximum atomic E-state index is 11.1. The van der Waals surface area contributed by atoms with E-state index in [0.717, 1.165) is 0 Å². The van der Waals surface area contributed by atoms with Gasteiger partial charge in [-0.25, -0.2) is 0 Å². The third-order valence-corrected chi connectivity index (χ3v) is 3.30. The van der Waals surface area contributed by atoms with Gasteiger partial charge in [0, 0.05) is 11.8 Å². The minimum Gasteiger partial charge on any atom is -0.481 e. The van der Waals surface area contributed by atoms with Crippen molar-refractivity contribution in [1.29, 1.82) is 0 Å². The number of carbonyl (C=O) groups is 1. The number of fused-ring (bicyclic) bond motifs is 5. The highest BCUT2D eigenvalue weighted by Gasteiger charge is 2.45. The summed E-state index contributed by atoms with van der Waals surface area (Å²) in [6, 6.07) is 8.04. The molecule has 14 heavy (non-hydrogen) atoms. The minimum absolute atomic E-state index is 0.105. The first-order chi connectivity index (χ1) is 6.79. The van der Waals surface area contributed by atoms with E-state index in [2.05, 4.69) is 0 Å². The predicted molar refractivity (Wildman–Crippen MR) is 52.2 cm³/mol. The molecule has 1 unspecified atom stereocenters. The Morgan fingerprint density at radius 1 is 1.07 bits per heavy atom. The highest BCUT2D eigenvalue weighted by atomic mass is 16.4. The summed E-state index contributed by atoms with van der Waals surface area (Å²) in [5.74, 6) is -0.726. The van der Waals surface area contributed by atoms with Gasteiger partial charge in [0.2, 0.25) is 0 Å². The number of hydrogen-bond donors (Lipinski definition) is 1. The third kappa shape index (κ3) is 0.782. The van der Waals surface area contributed by atoms with E-state index < -0.39 is 5.97 Å². The average Bonchev–Trinajstić information content (AvgIpc) is 2.73. The van der Waals surface area contributed by atoms with E-state index in [1.807, 2.05) is 36.4 Å². The standard InChI is InChI=1S/C12H10O2/c13-12(14)11-9-5-6-10(11)8-4-2-1-3-7(8)9/h1-6,9-11H,(H,13,14)/t9-,10+,11?. The van der Waals surface area contributed by atoms with Crippen LogP contribution in [0.25, 0.3) is 0 Å². The molecule has 0 radical (unpaired) electrons. The molecule has 0 heterocycles. The van der Waals surface area contributed by atoms with Gasteiger partial charge in [-0.1, -0.05) is 36.4 Å². The first-order valence-electron chi connectivity index (χ1n) is 4.79. The van der Waals surface area contributed by atoms with Crippen LogP contribution in [0, 0.1) is 5.92 Å². The zero-order valence-corrected chi connectivity index (χ0v) is 7.55. The molecule has 1 aromatic carbocycles. The molecule has 0 amide bonds. The molecule has 0 aliphatic heterocycles. The van der Waals surface area contributed by atoms with Crippen LogP contribution in [0.2, 0.25) is 0 Å². The number of carboxylic acid groups (broad SMARTS) is 1. The van der Waals surface area contributed by atoms with Crippen molar-refractivity contribution in [2.24, 2.45) is 5.92 Å². The van der Waals surface area contributed by atoms with Crippen LogP contribution in [-0.2, 0) is 4.79 Å². The second kappa shape index (κ2) is 2.47. The van der Waals surface area contributed by atoms with Crippen LogP contribution < -0.4 is 0 Å². The fourth-order valence-corrected chi connectivity index (χ4v) is 2.72. The number of carboxylic acids is 1. The van der Waals surface area contributed by atoms with Crippen molar-refractivity contribution in [2.45, 2.75) is 11.8 Å². The average molecular weight is 186 g/mol. The summed E-state index contributed by atoms with van der Waals surface area (Å²) in [4.78, 5) is 11.1. The Morgan fingerprint density at radius 3 is 2.00 bits per heavy atom. The van der Waals surface area contributed by atoms with E-state index in [1.54, 1.807) is 0 Å². The van der Waals surface area contributed by atoms with Crippen LogP contribution in [0.15, 0.2) is 36.4 Å². The van der Waals surface area contributed by atoms with E-state index >= 15 is 0 Å². The third-order valence-electron chi connectivity index (χ3n) is 3.30. The zero-order chi connectivity index (χ0) is 9.71. The van der Waals surface area contributed by atoms with Gasteiger partial charge in [0.25, 0.3) is 0 Å². The van der Waals surface area contributed by atoms with Gasteiger partial charge in [-0.15, -0.1) is 0 Å². The number of rotatable bonds is 1. The molecule has 1 aromatic rings. The van der Waals surface area contributed by atoms with E-state index in [-0.39, 0.29) is 17.8 Å². The lowest BCUT2D eigenvalue weighted by Gasteiger charge is -2.09. The Bertz CT molecular complexity index is 401. The molecule has 70 valence electrons. The van der Waals surface area contributed by atoms with Crippen molar-refractivity contribution in [1.82, 2.24) is 0 Å². The van der Waals surface area contributed by atoms with Crippen molar-refractivity contribution in [3.63, 3.8) is 0 Å². The summed E-state index contributed by atoms with van der Waals surface area (Å²) in [5.41, 5.74) is 2.40. The molecule has 0 fully saturated rings. The Balaban J connectivity index is 2.15. The van der Waals surface area contributed by atoms with Crippen LogP contribution in [0.4, 0.5) is 0 Å². The van der Waals surface area contributed by atoms with Crippen molar-refractivity contribution < 1.29 is 9.90 Å². The first-order valence-corrected chi connectivity index (χ1v) is 4.79. The van der Waals surface area contributed by atoms with Gasteiger partial charge in [0.05, 0.1) is 5.92 Å². The van der Waals surface area contributed by atoms with Crippen LogP contribution in [0.5, 0.6) is 0 Å². The van der Waals surface area contributed by atoms with Gasteiger partial charge in [-0.3, -0.25) is 4.79 Å². The monoisotopic (exact) mass is 186 g/mol. The van der Waals surface area contributed by atoms with Crippen molar-refractivity contribution in [2.75, 3.05) is 0 Å². The maximum absolute atomic E-state index is 11.1. The maximum Gasteiger partial charge on any atom is 0.308 e. The number of hydrogen-bond acceptors (Lipinski definition) is 1. The molecule has 2 heteroatoms. The highest BCUT2D eigenvalue weighted by molar-refractivity contribution is 5.77. The van der Waals surface area contributed by atoms with E-state index in [0.29, 0.717) is 0 Å². The lowest BCUT2D eigenvalue weighted by molar-refractivity contribution is -0.141. The van der Waals surface area contributed by atoms with Gasteiger partial charge in [0.15, 0.2) is 0 Å². The molecule has 2 aliphatic rings. The summed E-state index contributed by atoms with van der Waals surface area (Å²) >= 11 is 0. The molecular weight excluding hydrogens is 176 g/mol. The first kappa shape index (κ1) is 7.80. The minimum atomic E-state index is -0.679. The van der Waals surface area contributed by atoms with Crippen LogP contribution in [0.1, 0.15) is 23.0 Å². The lowest BCUT2D eigenvalue weighted by atomic mass is 9.94. The molecular formula is C12H10O2. The molecule has 0 aromatic heterocycles. The summed E-state index contributed by atoms with van der Waals surface area (Å²) in [6.45, 7) is 0. The fraction of sp³-hybridized carbons (Fsp3) is 0.250. The van der Waals surface area contributed by atoms with Crippen molar-refractivity contribution in [3.05, 3.63) is 47.5 Å².